The van der Waals surface area contributed by atoms with E-state index in [4.69, 9.17) is 0 Å². The van der Waals surface area contributed by atoms with E-state index in [1.807, 2.05) is 0 Å². The van der Waals surface area contributed by atoms with Crippen LogP contribution in [0.15, 0.2) is 0 Å². The highest BCUT2D eigenvalue weighted by atomic mass is 32.2. The van der Waals surface area contributed by atoms with E-state index in [9.17, 15) is 0 Å². The number of unbranched alkanes of at least 4 members (excludes halogenated alkanes) is 1. The van der Waals surface area contributed by atoms with Gasteiger partial charge in [0.05, 0.1) is 0 Å². The van der Waals surface area contributed by atoms with Crippen molar-refractivity contribution in [3.05, 3.63) is 0 Å². The first-order valence-corrected chi connectivity index (χ1v) is 6.55. The van der Waals surface area contributed by atoms with Gasteiger partial charge in [0.25, 0.3) is 0 Å². The van der Waals surface area contributed by atoms with E-state index in [-0.39, 0.29) is 0 Å². The summed E-state index contributed by atoms with van der Waals surface area (Å²) < 4.78 is 0. The van der Waals surface area contributed by atoms with Crippen LogP contribution in [0.2, 0.25) is 0 Å². The lowest BCUT2D eigenvalue weighted by atomic mass is 10.2. The molecule has 0 aliphatic rings. The number of hydrogen-bond donors (Lipinski definition) is 1. The zero-order valence-corrected chi connectivity index (χ0v) is 10.4. The van der Waals surface area contributed by atoms with Crippen LogP contribution >= 0.6 is 11.8 Å². The average Bonchev–Trinajstić information content (AvgIpc) is 2.10. The van der Waals surface area contributed by atoms with Crippen molar-refractivity contribution in [2.45, 2.75) is 45.8 Å². The molecular formula is C11H25NS. The van der Waals surface area contributed by atoms with Crippen molar-refractivity contribution in [3.63, 3.8) is 0 Å². The van der Waals surface area contributed by atoms with Crippen LogP contribution in [0.5, 0.6) is 0 Å². The van der Waals surface area contributed by atoms with Crippen LogP contribution in [0.1, 0.15) is 40.5 Å². The molecule has 0 aromatic carbocycles. The second kappa shape index (κ2) is 8.89. The Labute approximate surface area is 88.1 Å². The predicted octanol–water partition coefficient (Wildman–Crippen LogP) is 3.15. The maximum absolute atomic E-state index is 3.35. The van der Waals surface area contributed by atoms with E-state index in [1.165, 1.54) is 25.1 Å². The Morgan fingerprint density at radius 3 is 2.38 bits per heavy atom. The van der Waals surface area contributed by atoms with Crippen molar-refractivity contribution in [1.82, 2.24) is 5.32 Å². The van der Waals surface area contributed by atoms with Crippen molar-refractivity contribution >= 4 is 11.8 Å². The number of rotatable bonds is 8. The third kappa shape index (κ3) is 8.63. The molecule has 0 spiro atoms. The number of thioether (sulfide) groups is 1. The lowest BCUT2D eigenvalue weighted by molar-refractivity contribution is 0.638. The van der Waals surface area contributed by atoms with Crippen molar-refractivity contribution in [3.8, 4) is 0 Å². The minimum atomic E-state index is 0.818. The van der Waals surface area contributed by atoms with Crippen molar-refractivity contribution in [2.24, 2.45) is 5.92 Å². The zero-order chi connectivity index (χ0) is 10.1. The first-order chi connectivity index (χ1) is 6.18. The Morgan fingerprint density at radius 1 is 1.15 bits per heavy atom. The zero-order valence-electron chi connectivity index (χ0n) is 9.60. The predicted molar refractivity (Wildman–Crippen MR) is 64.5 cm³/mol. The highest BCUT2D eigenvalue weighted by Gasteiger charge is 2.05. The van der Waals surface area contributed by atoms with Gasteiger partial charge in [-0.25, -0.2) is 0 Å². The molecule has 0 rings (SSSR count). The van der Waals surface area contributed by atoms with Gasteiger partial charge in [-0.3, -0.25) is 0 Å². The minimum absolute atomic E-state index is 0.818. The summed E-state index contributed by atoms with van der Waals surface area (Å²) in [5.41, 5.74) is 0. The van der Waals surface area contributed by atoms with E-state index in [0.717, 1.165) is 17.7 Å². The molecule has 1 N–H and O–H groups in total. The van der Waals surface area contributed by atoms with Gasteiger partial charge < -0.3 is 5.32 Å². The van der Waals surface area contributed by atoms with Crippen LogP contribution in [0, 0.1) is 5.92 Å². The molecule has 80 valence electrons. The molecule has 0 aromatic heterocycles. The van der Waals surface area contributed by atoms with Gasteiger partial charge in [-0.15, -0.1) is 0 Å². The smallest absolute Gasteiger partial charge is 0.00417 e. The first-order valence-electron chi connectivity index (χ1n) is 5.50. The molecule has 0 aromatic rings. The molecular weight excluding hydrogens is 178 g/mol. The van der Waals surface area contributed by atoms with Crippen LogP contribution in [0.3, 0.4) is 0 Å². The van der Waals surface area contributed by atoms with Crippen molar-refractivity contribution < 1.29 is 0 Å². The van der Waals surface area contributed by atoms with Crippen molar-refractivity contribution in [1.29, 1.82) is 0 Å². The molecule has 0 fully saturated rings. The summed E-state index contributed by atoms with van der Waals surface area (Å²) in [4.78, 5) is 0. The topological polar surface area (TPSA) is 12.0 Å². The molecule has 0 aliphatic heterocycles. The summed E-state index contributed by atoms with van der Waals surface area (Å²) >= 11 is 2.11. The Morgan fingerprint density at radius 2 is 1.85 bits per heavy atom. The van der Waals surface area contributed by atoms with Crippen molar-refractivity contribution in [2.75, 3.05) is 18.8 Å². The largest absolute Gasteiger partial charge is 0.317 e. The molecule has 0 heterocycles. The van der Waals surface area contributed by atoms with Crippen LogP contribution < -0.4 is 5.32 Å². The van der Waals surface area contributed by atoms with Gasteiger partial charge in [-0.05, 0) is 37.6 Å². The molecule has 1 unspecified atom stereocenters. The normalized spacial score (nSPS) is 13.6. The fraction of sp³-hybridized carbons (Fsp3) is 1.00. The molecule has 1 atom stereocenters. The van der Waals surface area contributed by atoms with E-state index in [2.05, 4.69) is 44.8 Å². The van der Waals surface area contributed by atoms with Gasteiger partial charge in [-0.1, -0.05) is 27.7 Å². The summed E-state index contributed by atoms with van der Waals surface area (Å²) in [5, 5.41) is 4.17. The maximum atomic E-state index is 3.35. The van der Waals surface area contributed by atoms with E-state index in [0.29, 0.717) is 0 Å². The fourth-order valence-corrected chi connectivity index (χ4v) is 2.12. The molecule has 0 bridgehead atoms. The SMILES string of the molecule is CCNCCCCSC(C)C(C)C. The number of hydrogen-bond acceptors (Lipinski definition) is 2. The Hall–Kier alpha value is 0.310. The highest BCUT2D eigenvalue weighted by molar-refractivity contribution is 7.99. The van der Waals surface area contributed by atoms with Crippen LogP contribution in [-0.2, 0) is 0 Å². The summed E-state index contributed by atoms with van der Waals surface area (Å²) in [7, 11) is 0. The monoisotopic (exact) mass is 203 g/mol. The first kappa shape index (κ1) is 13.3. The quantitative estimate of drug-likeness (QED) is 0.608. The summed E-state index contributed by atoms with van der Waals surface area (Å²) in [5.74, 6) is 2.14. The Kier molecular flexibility index (Phi) is 9.10. The Bertz CT molecular complexity index is 104. The molecule has 2 heteroatoms. The summed E-state index contributed by atoms with van der Waals surface area (Å²) in [6.45, 7) is 11.4. The fourth-order valence-electron chi connectivity index (χ4n) is 0.991. The second-order valence-electron chi connectivity index (χ2n) is 3.88. The molecule has 0 saturated heterocycles. The summed E-state index contributed by atoms with van der Waals surface area (Å²) in [6, 6.07) is 0. The van der Waals surface area contributed by atoms with E-state index >= 15 is 0 Å². The molecule has 0 aliphatic carbocycles. The van der Waals surface area contributed by atoms with E-state index in [1.54, 1.807) is 0 Å². The lowest BCUT2D eigenvalue weighted by Crippen LogP contribution is -2.14. The van der Waals surface area contributed by atoms with Gasteiger partial charge in [-0.2, -0.15) is 11.8 Å². The van der Waals surface area contributed by atoms with Crippen LogP contribution in [0.4, 0.5) is 0 Å². The summed E-state index contributed by atoms with van der Waals surface area (Å²) in [6.07, 6.45) is 2.68. The number of nitrogens with one attached hydrogen (secondary N) is 1. The van der Waals surface area contributed by atoms with Gasteiger partial charge in [0.1, 0.15) is 0 Å². The molecule has 13 heavy (non-hydrogen) atoms. The second-order valence-corrected chi connectivity index (χ2v) is 5.37. The molecule has 1 nitrogen and oxygen atoms in total. The minimum Gasteiger partial charge on any atom is -0.317 e. The lowest BCUT2D eigenvalue weighted by Gasteiger charge is -2.14. The molecule has 0 amide bonds. The van der Waals surface area contributed by atoms with Crippen LogP contribution in [-0.4, -0.2) is 24.1 Å². The van der Waals surface area contributed by atoms with Gasteiger partial charge in [0, 0.05) is 5.25 Å². The van der Waals surface area contributed by atoms with Gasteiger partial charge >= 0.3 is 0 Å². The molecule has 0 saturated carbocycles. The van der Waals surface area contributed by atoms with Gasteiger partial charge in [0.2, 0.25) is 0 Å². The van der Waals surface area contributed by atoms with E-state index < -0.39 is 0 Å². The maximum Gasteiger partial charge on any atom is 0.00417 e. The van der Waals surface area contributed by atoms with Gasteiger partial charge in [0.15, 0.2) is 0 Å². The Balaban J connectivity index is 3.07. The average molecular weight is 203 g/mol. The third-order valence-electron chi connectivity index (χ3n) is 2.32. The van der Waals surface area contributed by atoms with Crippen LogP contribution in [0.25, 0.3) is 0 Å². The highest BCUT2D eigenvalue weighted by Crippen LogP contribution is 2.19. The third-order valence-corrected chi connectivity index (χ3v) is 3.91. The standard InChI is InChI=1S/C11H25NS/c1-5-12-8-6-7-9-13-11(4)10(2)3/h10-12H,5-9H2,1-4H3. The molecule has 0 radical (unpaired) electrons.